The highest BCUT2D eigenvalue weighted by Gasteiger charge is 2.56. The van der Waals surface area contributed by atoms with Crippen LogP contribution in [0.3, 0.4) is 0 Å². The van der Waals surface area contributed by atoms with Crippen molar-refractivity contribution in [1.82, 2.24) is 0 Å². The van der Waals surface area contributed by atoms with E-state index in [4.69, 9.17) is 0 Å². The van der Waals surface area contributed by atoms with E-state index in [9.17, 15) is 0 Å². The van der Waals surface area contributed by atoms with Crippen molar-refractivity contribution in [2.75, 3.05) is 4.90 Å². The molecule has 0 radical (unpaired) electrons. The van der Waals surface area contributed by atoms with E-state index in [1.54, 1.807) is 0 Å². The summed E-state index contributed by atoms with van der Waals surface area (Å²) < 4.78 is 0. The van der Waals surface area contributed by atoms with Gasteiger partial charge in [0.05, 0.1) is 0 Å². The number of rotatable bonds is 5. The molecule has 0 saturated carbocycles. The van der Waals surface area contributed by atoms with Crippen molar-refractivity contribution in [2.45, 2.75) is 71.6 Å². The second-order valence-electron chi connectivity index (χ2n) is 16.3. The normalized spacial score (nSPS) is 17.2. The Hall–Kier alpha value is -4.88. The van der Waals surface area contributed by atoms with Gasteiger partial charge in [0, 0.05) is 22.5 Å². The molecule has 0 heterocycles. The summed E-state index contributed by atoms with van der Waals surface area (Å²) in [7, 11) is 0. The molecule has 0 saturated heterocycles. The summed E-state index contributed by atoms with van der Waals surface area (Å²) >= 11 is 0. The zero-order chi connectivity index (χ0) is 34.3. The van der Waals surface area contributed by atoms with Gasteiger partial charge in [-0.05, 0) is 108 Å². The Balaban J connectivity index is 1.21. The highest BCUT2D eigenvalue weighted by atomic mass is 15.1. The highest BCUT2D eigenvalue weighted by Crippen LogP contribution is 2.62. The van der Waals surface area contributed by atoms with Crippen molar-refractivity contribution in [3.05, 3.63) is 162 Å². The fourth-order valence-electron chi connectivity index (χ4n) is 8.76. The summed E-state index contributed by atoms with van der Waals surface area (Å²) in [5, 5.41) is 0. The molecule has 0 amide bonds. The van der Waals surface area contributed by atoms with Crippen LogP contribution in [0.5, 0.6) is 0 Å². The van der Waals surface area contributed by atoms with Gasteiger partial charge in [-0.3, -0.25) is 0 Å². The average molecular weight is 638 g/mol. The van der Waals surface area contributed by atoms with Crippen LogP contribution in [-0.2, 0) is 16.2 Å². The van der Waals surface area contributed by atoms with Gasteiger partial charge in [-0.1, -0.05) is 159 Å². The Morgan fingerprint density at radius 1 is 0.347 bits per heavy atom. The lowest BCUT2D eigenvalue weighted by Crippen LogP contribution is -2.42. The Labute approximate surface area is 293 Å². The molecule has 6 aromatic carbocycles. The van der Waals surface area contributed by atoms with Crippen molar-refractivity contribution in [3.63, 3.8) is 0 Å². The predicted octanol–water partition coefficient (Wildman–Crippen LogP) is 13.4. The molecule has 244 valence electrons. The van der Waals surface area contributed by atoms with E-state index in [0.717, 1.165) is 11.4 Å². The first-order chi connectivity index (χ1) is 23.3. The first-order valence-corrected chi connectivity index (χ1v) is 17.8. The molecule has 0 aliphatic heterocycles. The summed E-state index contributed by atoms with van der Waals surface area (Å²) in [6.45, 7) is 19.2. The fourth-order valence-corrected chi connectivity index (χ4v) is 8.76. The number of nitrogens with zero attached hydrogens (tertiary/aromatic N) is 1. The van der Waals surface area contributed by atoms with Crippen molar-refractivity contribution in [2.24, 2.45) is 5.41 Å². The van der Waals surface area contributed by atoms with Crippen LogP contribution in [0, 0.1) is 5.41 Å². The van der Waals surface area contributed by atoms with Crippen molar-refractivity contribution in [3.8, 4) is 33.4 Å². The third-order valence-corrected chi connectivity index (χ3v) is 13.0. The van der Waals surface area contributed by atoms with Gasteiger partial charge in [-0.15, -0.1) is 0 Å². The minimum absolute atomic E-state index is 0.0703. The molecule has 0 bridgehead atoms. The van der Waals surface area contributed by atoms with Crippen LogP contribution < -0.4 is 4.90 Å². The molecular formula is C48H47N. The molecule has 8 rings (SSSR count). The maximum Gasteiger partial charge on any atom is 0.0465 e. The quantitative estimate of drug-likeness (QED) is 0.182. The lowest BCUT2D eigenvalue weighted by atomic mass is 9.59. The standard InChI is InChI=1S/C48H47N/c1-45(2)41-17-13-12-16-39(41)40-28-27-38(31-43(40)45)49(36-23-18-33(19-24-36)32-14-10-9-11-15-32)37-25-20-34(21-26-37)35-22-29-42-44(30-35)47(5,6)48(7,8)46(42,3)4/h9-31H,1-8H3. The Morgan fingerprint density at radius 3 is 1.49 bits per heavy atom. The van der Waals surface area contributed by atoms with Gasteiger partial charge in [0.15, 0.2) is 0 Å². The molecule has 0 aromatic heterocycles. The maximum atomic E-state index is 2.46. The van der Waals surface area contributed by atoms with Crippen LogP contribution >= 0.6 is 0 Å². The van der Waals surface area contributed by atoms with E-state index in [1.807, 2.05) is 0 Å². The Bertz CT molecular complexity index is 2200. The van der Waals surface area contributed by atoms with Crippen LogP contribution in [0.15, 0.2) is 140 Å². The molecule has 49 heavy (non-hydrogen) atoms. The largest absolute Gasteiger partial charge is 0.310 e. The molecule has 6 aromatic rings. The van der Waals surface area contributed by atoms with E-state index in [-0.39, 0.29) is 21.7 Å². The SMILES string of the molecule is CC1(C)c2ccccc2-c2ccc(N(c3ccc(-c4ccccc4)cc3)c3ccc(-c4ccc5c(c4)C(C)(C)C(C)(C)C5(C)C)cc3)cc21. The summed E-state index contributed by atoms with van der Waals surface area (Å²) in [4.78, 5) is 2.41. The molecule has 0 spiro atoms. The number of hydrogen-bond acceptors (Lipinski definition) is 1. The summed E-state index contributed by atoms with van der Waals surface area (Å²) in [6.07, 6.45) is 0. The van der Waals surface area contributed by atoms with Gasteiger partial charge in [0.2, 0.25) is 0 Å². The molecule has 0 unspecified atom stereocenters. The van der Waals surface area contributed by atoms with Crippen molar-refractivity contribution < 1.29 is 0 Å². The van der Waals surface area contributed by atoms with E-state index in [0.29, 0.717) is 0 Å². The van der Waals surface area contributed by atoms with Crippen LogP contribution in [0.25, 0.3) is 33.4 Å². The van der Waals surface area contributed by atoms with Crippen LogP contribution in [0.1, 0.15) is 77.6 Å². The predicted molar refractivity (Wildman–Crippen MR) is 209 cm³/mol. The molecule has 2 aliphatic carbocycles. The summed E-state index contributed by atoms with van der Waals surface area (Å²) in [5.74, 6) is 0. The van der Waals surface area contributed by atoms with Crippen LogP contribution in [0.2, 0.25) is 0 Å². The number of benzene rings is 6. The zero-order valence-electron chi connectivity index (χ0n) is 30.2. The van der Waals surface area contributed by atoms with Gasteiger partial charge in [0.1, 0.15) is 0 Å². The second kappa shape index (κ2) is 10.8. The molecule has 0 fully saturated rings. The average Bonchev–Trinajstić information content (AvgIpc) is 3.40. The van der Waals surface area contributed by atoms with Gasteiger partial charge >= 0.3 is 0 Å². The first kappa shape index (κ1) is 31.4. The van der Waals surface area contributed by atoms with Gasteiger partial charge in [-0.2, -0.15) is 0 Å². The van der Waals surface area contributed by atoms with E-state index >= 15 is 0 Å². The Morgan fingerprint density at radius 2 is 0.837 bits per heavy atom. The van der Waals surface area contributed by atoms with Gasteiger partial charge in [0.25, 0.3) is 0 Å². The molecule has 1 nitrogen and oxygen atoms in total. The summed E-state index contributed by atoms with van der Waals surface area (Å²) in [6, 6.07) is 51.9. The summed E-state index contributed by atoms with van der Waals surface area (Å²) in [5.41, 5.74) is 17.1. The first-order valence-electron chi connectivity index (χ1n) is 17.8. The number of anilines is 3. The third kappa shape index (κ3) is 4.58. The smallest absolute Gasteiger partial charge is 0.0465 e. The molecule has 0 atom stereocenters. The monoisotopic (exact) mass is 637 g/mol. The van der Waals surface area contributed by atoms with Crippen LogP contribution in [-0.4, -0.2) is 0 Å². The van der Waals surface area contributed by atoms with Crippen molar-refractivity contribution >= 4 is 17.1 Å². The lowest BCUT2D eigenvalue weighted by molar-refractivity contribution is 0.125. The minimum atomic E-state index is -0.0703. The zero-order valence-corrected chi connectivity index (χ0v) is 30.2. The second-order valence-corrected chi connectivity index (χ2v) is 16.3. The van der Waals surface area contributed by atoms with E-state index in [1.165, 1.54) is 61.3 Å². The Kier molecular flexibility index (Phi) is 6.93. The fraction of sp³-hybridized carbons (Fsp3) is 0.250. The number of fused-ring (bicyclic) bond motifs is 4. The molecular weight excluding hydrogens is 591 g/mol. The topological polar surface area (TPSA) is 3.24 Å². The third-order valence-electron chi connectivity index (χ3n) is 13.0. The maximum absolute atomic E-state index is 2.46. The van der Waals surface area contributed by atoms with Gasteiger partial charge in [-0.25, -0.2) is 0 Å². The molecule has 1 heteroatoms. The van der Waals surface area contributed by atoms with Crippen LogP contribution in [0.4, 0.5) is 17.1 Å². The van der Waals surface area contributed by atoms with E-state index in [2.05, 4.69) is 200 Å². The minimum Gasteiger partial charge on any atom is -0.310 e. The van der Waals surface area contributed by atoms with Crippen molar-refractivity contribution in [1.29, 1.82) is 0 Å². The van der Waals surface area contributed by atoms with E-state index < -0.39 is 0 Å². The number of hydrogen-bond donors (Lipinski definition) is 0. The highest BCUT2D eigenvalue weighted by molar-refractivity contribution is 5.86. The van der Waals surface area contributed by atoms with Gasteiger partial charge < -0.3 is 4.90 Å². The molecule has 0 N–H and O–H groups in total. The molecule has 2 aliphatic rings. The lowest BCUT2D eigenvalue weighted by Gasteiger charge is -2.44.